The van der Waals surface area contributed by atoms with Gasteiger partial charge in [-0.25, -0.2) is 13.2 Å². The fourth-order valence-electron chi connectivity index (χ4n) is 1.96. The summed E-state index contributed by atoms with van der Waals surface area (Å²) in [5.41, 5.74) is 0.485. The molecule has 0 aliphatic heterocycles. The molecule has 0 aliphatic rings. The Hall–Kier alpha value is -1.94. The third-order valence-electron chi connectivity index (χ3n) is 3.05. The Bertz CT molecular complexity index is 865. The van der Waals surface area contributed by atoms with Crippen LogP contribution >= 0.6 is 22.9 Å². The second kappa shape index (κ2) is 8.43. The fourth-order valence-corrected chi connectivity index (χ4v) is 5.04. The largest absolute Gasteiger partial charge is 0.465 e. The van der Waals surface area contributed by atoms with Gasteiger partial charge in [-0.2, -0.15) is 0 Å². The van der Waals surface area contributed by atoms with Crippen molar-refractivity contribution in [2.24, 2.45) is 0 Å². The third-order valence-corrected chi connectivity index (χ3v) is 6.15. The summed E-state index contributed by atoms with van der Waals surface area (Å²) in [4.78, 5) is 23.2. The number of carbonyl (C=O) groups is 2. The van der Waals surface area contributed by atoms with E-state index in [1.54, 1.807) is 24.3 Å². The quantitative estimate of drug-likeness (QED) is 0.688. The molecule has 2 rings (SSSR count). The van der Waals surface area contributed by atoms with E-state index in [0.29, 0.717) is 5.69 Å². The minimum atomic E-state index is -3.92. The van der Waals surface area contributed by atoms with E-state index in [4.69, 9.17) is 11.6 Å². The van der Waals surface area contributed by atoms with Gasteiger partial charge in [-0.05, 0) is 12.1 Å². The van der Waals surface area contributed by atoms with Gasteiger partial charge < -0.3 is 10.1 Å². The van der Waals surface area contributed by atoms with Crippen LogP contribution in [0.1, 0.15) is 10.4 Å². The van der Waals surface area contributed by atoms with Gasteiger partial charge in [0, 0.05) is 11.1 Å². The molecule has 0 saturated heterocycles. The molecule has 0 bridgehead atoms. The maximum Gasteiger partial charge on any atom is 0.340 e. The number of thiophene rings is 1. The second-order valence-corrected chi connectivity index (χ2v) is 8.25. The number of methoxy groups -OCH3 is 1. The lowest BCUT2D eigenvalue weighted by molar-refractivity contribution is -0.115. The summed E-state index contributed by atoms with van der Waals surface area (Å²) in [5, 5.41) is 6.48. The van der Waals surface area contributed by atoms with E-state index < -0.39 is 27.6 Å². The van der Waals surface area contributed by atoms with Gasteiger partial charge in [0.2, 0.25) is 5.91 Å². The summed E-state index contributed by atoms with van der Waals surface area (Å²) >= 11 is 6.83. The maximum absolute atomic E-state index is 12.4. The van der Waals surface area contributed by atoms with Gasteiger partial charge in [-0.1, -0.05) is 29.8 Å². The zero-order valence-corrected chi connectivity index (χ0v) is 15.5. The number of anilines is 1. The third kappa shape index (κ3) is 5.02. The first-order valence-electron chi connectivity index (χ1n) is 6.99. The Labute approximate surface area is 153 Å². The van der Waals surface area contributed by atoms with Crippen molar-refractivity contribution < 1.29 is 22.7 Å². The predicted octanol–water partition coefficient (Wildman–Crippen LogP) is 2.15. The van der Waals surface area contributed by atoms with Crippen LogP contribution in [0.5, 0.6) is 0 Å². The number of para-hydroxylation sites is 1. The number of amides is 1. The SMILES string of the molecule is COC(=O)c1csc(Cl)c1S(=O)(=O)CNCC(=O)Nc1ccccc1. The number of ether oxygens (including phenoxy) is 1. The Balaban J connectivity index is 1.99. The predicted molar refractivity (Wildman–Crippen MR) is 95.8 cm³/mol. The minimum absolute atomic E-state index is 0.0315. The molecular formula is C15H15ClN2O5S2. The van der Waals surface area contributed by atoms with Gasteiger partial charge >= 0.3 is 5.97 Å². The summed E-state index contributed by atoms with van der Waals surface area (Å²) in [6, 6.07) is 8.76. The van der Waals surface area contributed by atoms with E-state index in [9.17, 15) is 18.0 Å². The molecule has 7 nitrogen and oxygen atoms in total. The lowest BCUT2D eigenvalue weighted by atomic mass is 10.3. The van der Waals surface area contributed by atoms with Crippen LogP contribution in [0, 0.1) is 0 Å². The number of rotatable bonds is 7. The van der Waals surface area contributed by atoms with Crippen molar-refractivity contribution in [3.63, 3.8) is 0 Å². The number of carbonyl (C=O) groups excluding carboxylic acids is 2. The lowest BCUT2D eigenvalue weighted by Gasteiger charge is -2.08. The molecule has 10 heteroatoms. The van der Waals surface area contributed by atoms with Crippen molar-refractivity contribution >= 4 is 50.3 Å². The Morgan fingerprint density at radius 1 is 1.24 bits per heavy atom. The average molecular weight is 403 g/mol. The van der Waals surface area contributed by atoms with Crippen molar-refractivity contribution in [3.05, 3.63) is 45.6 Å². The lowest BCUT2D eigenvalue weighted by Crippen LogP contribution is -2.32. The van der Waals surface area contributed by atoms with Gasteiger partial charge in [-0.3, -0.25) is 10.1 Å². The molecule has 0 radical (unpaired) electrons. The highest BCUT2D eigenvalue weighted by Crippen LogP contribution is 2.32. The van der Waals surface area contributed by atoms with Gasteiger partial charge in [0.05, 0.1) is 19.2 Å². The first-order chi connectivity index (χ1) is 11.8. The molecule has 134 valence electrons. The van der Waals surface area contributed by atoms with Crippen LogP contribution in [-0.2, 0) is 19.4 Å². The highest BCUT2D eigenvalue weighted by Gasteiger charge is 2.28. The van der Waals surface area contributed by atoms with Gasteiger partial charge in [0.25, 0.3) is 0 Å². The normalized spacial score (nSPS) is 11.1. The van der Waals surface area contributed by atoms with Crippen molar-refractivity contribution in [2.45, 2.75) is 4.90 Å². The average Bonchev–Trinajstić information content (AvgIpc) is 2.97. The molecule has 1 heterocycles. The number of sulfone groups is 1. The number of hydrogen-bond donors (Lipinski definition) is 2. The fraction of sp³-hybridized carbons (Fsp3) is 0.200. The standard InChI is InChI=1S/C15H15ClN2O5S2/c1-23-15(20)11-8-24-14(16)13(11)25(21,22)9-17-7-12(19)18-10-5-3-2-4-6-10/h2-6,8,17H,7,9H2,1H3,(H,18,19). The van der Waals surface area contributed by atoms with Gasteiger partial charge in [0.1, 0.15) is 15.1 Å². The number of esters is 1. The van der Waals surface area contributed by atoms with E-state index in [1.807, 2.05) is 6.07 Å². The molecule has 1 aromatic carbocycles. The summed E-state index contributed by atoms with van der Waals surface area (Å²) < 4.78 is 29.4. The maximum atomic E-state index is 12.4. The summed E-state index contributed by atoms with van der Waals surface area (Å²) in [6.07, 6.45) is 0. The molecule has 1 amide bonds. The minimum Gasteiger partial charge on any atom is -0.465 e. The molecule has 25 heavy (non-hydrogen) atoms. The highest BCUT2D eigenvalue weighted by molar-refractivity contribution is 7.91. The van der Waals surface area contributed by atoms with Crippen LogP contribution in [0.3, 0.4) is 0 Å². The first kappa shape index (κ1) is 19.4. The number of halogens is 1. The molecule has 0 aliphatic carbocycles. The molecule has 0 fully saturated rings. The Morgan fingerprint density at radius 3 is 2.56 bits per heavy atom. The summed E-state index contributed by atoms with van der Waals surface area (Å²) in [6.45, 7) is -0.219. The number of benzene rings is 1. The van der Waals surface area contributed by atoms with Crippen molar-refractivity contribution in [1.29, 1.82) is 0 Å². The molecule has 0 spiro atoms. The van der Waals surface area contributed by atoms with E-state index >= 15 is 0 Å². The molecular weight excluding hydrogens is 388 g/mol. The van der Waals surface area contributed by atoms with Crippen molar-refractivity contribution in [3.8, 4) is 0 Å². The monoisotopic (exact) mass is 402 g/mol. The molecule has 0 atom stereocenters. The topological polar surface area (TPSA) is 102 Å². The van der Waals surface area contributed by atoms with Crippen molar-refractivity contribution in [1.82, 2.24) is 5.32 Å². The van der Waals surface area contributed by atoms with E-state index in [-0.39, 0.29) is 21.3 Å². The Kier molecular flexibility index (Phi) is 6.54. The van der Waals surface area contributed by atoms with E-state index in [0.717, 1.165) is 18.4 Å². The Morgan fingerprint density at radius 2 is 1.92 bits per heavy atom. The van der Waals surface area contributed by atoms with Gasteiger partial charge in [-0.15, -0.1) is 11.3 Å². The molecule has 0 saturated carbocycles. The zero-order chi connectivity index (χ0) is 18.4. The van der Waals surface area contributed by atoms with E-state index in [2.05, 4.69) is 15.4 Å². The van der Waals surface area contributed by atoms with Crippen LogP contribution in [-0.4, -0.2) is 39.8 Å². The first-order valence-corrected chi connectivity index (χ1v) is 9.90. The zero-order valence-electron chi connectivity index (χ0n) is 13.1. The van der Waals surface area contributed by atoms with Crippen LogP contribution in [0.25, 0.3) is 0 Å². The van der Waals surface area contributed by atoms with Crippen LogP contribution in [0.2, 0.25) is 4.34 Å². The summed E-state index contributed by atoms with van der Waals surface area (Å²) in [7, 11) is -2.77. The summed E-state index contributed by atoms with van der Waals surface area (Å²) in [5.74, 6) is -1.73. The van der Waals surface area contributed by atoms with E-state index in [1.165, 1.54) is 5.38 Å². The van der Waals surface area contributed by atoms with Gasteiger partial charge in [0.15, 0.2) is 9.84 Å². The molecule has 2 N–H and O–H groups in total. The smallest absolute Gasteiger partial charge is 0.340 e. The second-order valence-electron chi connectivity index (χ2n) is 4.84. The molecule has 2 aromatic rings. The molecule has 0 unspecified atom stereocenters. The van der Waals surface area contributed by atoms with Crippen LogP contribution in [0.15, 0.2) is 40.6 Å². The molecule has 1 aromatic heterocycles. The number of nitrogens with one attached hydrogen (secondary N) is 2. The number of hydrogen-bond acceptors (Lipinski definition) is 7. The van der Waals surface area contributed by atoms with Crippen LogP contribution in [0.4, 0.5) is 5.69 Å². The van der Waals surface area contributed by atoms with Crippen molar-refractivity contribution in [2.75, 3.05) is 24.8 Å². The highest BCUT2D eigenvalue weighted by atomic mass is 35.5. The van der Waals surface area contributed by atoms with Crippen LogP contribution < -0.4 is 10.6 Å².